The van der Waals surface area contributed by atoms with Crippen LogP contribution < -0.4 is 10.6 Å². The number of aromatic nitrogens is 3. The van der Waals surface area contributed by atoms with Crippen LogP contribution in [-0.4, -0.2) is 34.2 Å². The number of fused-ring (bicyclic) bond motifs is 1. The Hall–Kier alpha value is -1.62. The largest absolute Gasteiger partial charge is 0.355 e. The SMILES string of the molecule is CC(CCN)N(C)c1nccc2c1ncn2C. The Labute approximate surface area is 101 Å². The summed E-state index contributed by atoms with van der Waals surface area (Å²) in [6, 6.07) is 2.34. The summed E-state index contributed by atoms with van der Waals surface area (Å²) >= 11 is 0. The van der Waals surface area contributed by atoms with E-state index in [4.69, 9.17) is 5.73 Å². The van der Waals surface area contributed by atoms with Gasteiger partial charge in [-0.05, 0) is 26.0 Å². The number of aryl methyl sites for hydroxylation is 1. The first-order chi connectivity index (χ1) is 8.15. The van der Waals surface area contributed by atoms with E-state index < -0.39 is 0 Å². The molecule has 5 nitrogen and oxygen atoms in total. The highest BCUT2D eigenvalue weighted by atomic mass is 15.2. The summed E-state index contributed by atoms with van der Waals surface area (Å²) in [5.41, 5.74) is 7.64. The van der Waals surface area contributed by atoms with Crippen LogP contribution in [0, 0.1) is 0 Å². The number of imidazole rings is 1. The van der Waals surface area contributed by atoms with E-state index in [1.807, 2.05) is 37.3 Å². The molecule has 1 unspecified atom stereocenters. The minimum absolute atomic E-state index is 0.361. The van der Waals surface area contributed by atoms with Crippen LogP contribution in [0.3, 0.4) is 0 Å². The highest BCUT2D eigenvalue weighted by molar-refractivity contribution is 5.86. The lowest BCUT2D eigenvalue weighted by atomic mass is 10.2. The van der Waals surface area contributed by atoms with E-state index >= 15 is 0 Å². The molecule has 0 saturated carbocycles. The number of rotatable bonds is 4. The van der Waals surface area contributed by atoms with Crippen molar-refractivity contribution in [3.8, 4) is 0 Å². The first-order valence-corrected chi connectivity index (χ1v) is 5.84. The van der Waals surface area contributed by atoms with Gasteiger partial charge in [0.25, 0.3) is 0 Å². The first kappa shape index (κ1) is 11.9. The summed E-state index contributed by atoms with van der Waals surface area (Å²) < 4.78 is 2.00. The van der Waals surface area contributed by atoms with Gasteiger partial charge in [-0.15, -0.1) is 0 Å². The quantitative estimate of drug-likeness (QED) is 0.860. The van der Waals surface area contributed by atoms with E-state index in [2.05, 4.69) is 21.8 Å². The molecule has 2 heterocycles. The standard InChI is InChI=1S/C12H19N5/c1-9(4-6-13)17(3)12-11-10(5-7-14-12)16(2)8-15-11/h5,7-9H,4,6,13H2,1-3H3. The Balaban J connectivity index is 2.41. The fourth-order valence-corrected chi connectivity index (χ4v) is 1.95. The lowest BCUT2D eigenvalue weighted by molar-refractivity contribution is 0.631. The molecule has 0 bridgehead atoms. The third-order valence-electron chi connectivity index (χ3n) is 3.20. The molecule has 5 heteroatoms. The zero-order chi connectivity index (χ0) is 12.4. The molecule has 0 fully saturated rings. The normalized spacial score (nSPS) is 12.9. The minimum Gasteiger partial charge on any atom is -0.355 e. The summed E-state index contributed by atoms with van der Waals surface area (Å²) in [5, 5.41) is 0. The molecule has 0 spiro atoms. The highest BCUT2D eigenvalue weighted by Crippen LogP contribution is 2.23. The van der Waals surface area contributed by atoms with Crippen molar-refractivity contribution in [2.24, 2.45) is 12.8 Å². The number of hydrogen-bond acceptors (Lipinski definition) is 4. The second kappa shape index (κ2) is 4.71. The van der Waals surface area contributed by atoms with E-state index in [0.29, 0.717) is 12.6 Å². The number of pyridine rings is 1. The molecule has 2 aromatic heterocycles. The fourth-order valence-electron chi connectivity index (χ4n) is 1.95. The van der Waals surface area contributed by atoms with Crippen molar-refractivity contribution in [1.29, 1.82) is 0 Å². The molecule has 2 rings (SSSR count). The van der Waals surface area contributed by atoms with Gasteiger partial charge in [0.05, 0.1) is 11.8 Å². The van der Waals surface area contributed by atoms with Gasteiger partial charge in [0, 0.05) is 26.3 Å². The van der Waals surface area contributed by atoms with Crippen molar-refractivity contribution in [3.05, 3.63) is 18.6 Å². The summed E-state index contributed by atoms with van der Waals surface area (Å²) in [4.78, 5) is 11.0. The van der Waals surface area contributed by atoms with Gasteiger partial charge in [0.15, 0.2) is 5.82 Å². The molecular formula is C12H19N5. The molecule has 17 heavy (non-hydrogen) atoms. The average molecular weight is 233 g/mol. The zero-order valence-corrected chi connectivity index (χ0v) is 10.6. The third-order valence-corrected chi connectivity index (χ3v) is 3.20. The molecule has 0 aliphatic heterocycles. The maximum absolute atomic E-state index is 5.60. The van der Waals surface area contributed by atoms with E-state index in [1.54, 1.807) is 0 Å². The number of hydrogen-bond donors (Lipinski definition) is 1. The Bertz CT molecular complexity index is 505. The summed E-state index contributed by atoms with van der Waals surface area (Å²) in [7, 11) is 4.03. The van der Waals surface area contributed by atoms with E-state index in [1.165, 1.54) is 0 Å². The molecule has 0 amide bonds. The van der Waals surface area contributed by atoms with Gasteiger partial charge in [-0.25, -0.2) is 9.97 Å². The third kappa shape index (κ3) is 2.10. The van der Waals surface area contributed by atoms with Crippen molar-refractivity contribution in [2.45, 2.75) is 19.4 Å². The second-order valence-corrected chi connectivity index (χ2v) is 4.40. The monoisotopic (exact) mass is 233 g/mol. The number of nitrogens with zero attached hydrogens (tertiary/aromatic N) is 4. The van der Waals surface area contributed by atoms with Crippen LogP contribution in [0.4, 0.5) is 5.82 Å². The topological polar surface area (TPSA) is 60.0 Å². The highest BCUT2D eigenvalue weighted by Gasteiger charge is 2.15. The fraction of sp³-hybridized carbons (Fsp3) is 0.500. The van der Waals surface area contributed by atoms with Crippen LogP contribution in [0.2, 0.25) is 0 Å². The van der Waals surface area contributed by atoms with Crippen LogP contribution in [0.5, 0.6) is 0 Å². The van der Waals surface area contributed by atoms with E-state index in [9.17, 15) is 0 Å². The van der Waals surface area contributed by atoms with Crippen LogP contribution >= 0.6 is 0 Å². The Morgan fingerprint density at radius 2 is 2.24 bits per heavy atom. The van der Waals surface area contributed by atoms with Crippen LogP contribution in [0.1, 0.15) is 13.3 Å². The van der Waals surface area contributed by atoms with Gasteiger partial charge in [-0.3, -0.25) is 0 Å². The van der Waals surface area contributed by atoms with Crippen molar-refractivity contribution in [3.63, 3.8) is 0 Å². The van der Waals surface area contributed by atoms with Crippen LogP contribution in [0.25, 0.3) is 11.0 Å². The maximum atomic E-state index is 5.60. The molecule has 2 N–H and O–H groups in total. The lowest BCUT2D eigenvalue weighted by Crippen LogP contribution is -2.31. The van der Waals surface area contributed by atoms with Crippen molar-refractivity contribution >= 4 is 16.9 Å². The molecule has 92 valence electrons. The Kier molecular flexibility index (Phi) is 3.28. The van der Waals surface area contributed by atoms with Gasteiger partial charge in [-0.2, -0.15) is 0 Å². The average Bonchev–Trinajstić information content (AvgIpc) is 2.71. The predicted octanol–water partition coefficient (Wildman–Crippen LogP) is 1.14. The summed E-state index contributed by atoms with van der Waals surface area (Å²) in [6.07, 6.45) is 4.59. The van der Waals surface area contributed by atoms with Gasteiger partial charge in [-0.1, -0.05) is 0 Å². The predicted molar refractivity (Wildman–Crippen MR) is 70.0 cm³/mol. The molecule has 0 radical (unpaired) electrons. The van der Waals surface area contributed by atoms with Crippen LogP contribution in [0.15, 0.2) is 18.6 Å². The molecule has 0 saturated heterocycles. The summed E-state index contributed by atoms with van der Waals surface area (Å²) in [5.74, 6) is 0.920. The molecule has 1 atom stereocenters. The van der Waals surface area contributed by atoms with Gasteiger partial charge in [0.1, 0.15) is 5.52 Å². The first-order valence-electron chi connectivity index (χ1n) is 5.84. The van der Waals surface area contributed by atoms with Crippen molar-refractivity contribution in [2.75, 3.05) is 18.5 Å². The van der Waals surface area contributed by atoms with Gasteiger partial charge >= 0.3 is 0 Å². The van der Waals surface area contributed by atoms with Gasteiger partial charge < -0.3 is 15.2 Å². The van der Waals surface area contributed by atoms with Crippen molar-refractivity contribution in [1.82, 2.24) is 14.5 Å². The van der Waals surface area contributed by atoms with E-state index in [0.717, 1.165) is 23.3 Å². The number of nitrogens with two attached hydrogens (primary N) is 1. The molecule has 0 aromatic carbocycles. The number of anilines is 1. The Morgan fingerprint density at radius 3 is 2.94 bits per heavy atom. The molecular weight excluding hydrogens is 214 g/mol. The molecule has 0 aliphatic rings. The summed E-state index contributed by atoms with van der Waals surface area (Å²) in [6.45, 7) is 2.83. The Morgan fingerprint density at radius 1 is 1.47 bits per heavy atom. The zero-order valence-electron chi connectivity index (χ0n) is 10.6. The van der Waals surface area contributed by atoms with E-state index in [-0.39, 0.29) is 0 Å². The van der Waals surface area contributed by atoms with Crippen LogP contribution in [-0.2, 0) is 7.05 Å². The smallest absolute Gasteiger partial charge is 0.156 e. The molecule has 2 aromatic rings. The second-order valence-electron chi connectivity index (χ2n) is 4.40. The van der Waals surface area contributed by atoms with Crippen molar-refractivity contribution < 1.29 is 0 Å². The van der Waals surface area contributed by atoms with Gasteiger partial charge in [0.2, 0.25) is 0 Å². The minimum atomic E-state index is 0.361. The lowest BCUT2D eigenvalue weighted by Gasteiger charge is -2.25. The molecule has 0 aliphatic carbocycles. The maximum Gasteiger partial charge on any atom is 0.156 e.